The van der Waals surface area contributed by atoms with Gasteiger partial charge in [-0.25, -0.2) is 0 Å². The van der Waals surface area contributed by atoms with Crippen LogP contribution in [0.2, 0.25) is 5.02 Å². The lowest BCUT2D eigenvalue weighted by Crippen LogP contribution is -2.41. The van der Waals surface area contributed by atoms with Crippen molar-refractivity contribution in [3.05, 3.63) is 53.1 Å². The summed E-state index contributed by atoms with van der Waals surface area (Å²) in [6.45, 7) is -0.543. The van der Waals surface area contributed by atoms with Gasteiger partial charge in [-0.15, -0.1) is 0 Å². The largest absolute Gasteiger partial charge is 0.497 e. The molecule has 2 aromatic rings. The van der Waals surface area contributed by atoms with Crippen molar-refractivity contribution in [2.75, 3.05) is 26.1 Å². The first kappa shape index (κ1) is 24.5. The number of esters is 1. The van der Waals surface area contributed by atoms with E-state index in [1.54, 1.807) is 30.3 Å². The normalized spacial score (nSPS) is 9.97. The van der Waals surface area contributed by atoms with E-state index in [4.69, 9.17) is 25.8 Å². The first-order chi connectivity index (χ1) is 15.3. The molecule has 0 aliphatic carbocycles. The van der Waals surface area contributed by atoms with Crippen molar-refractivity contribution in [3.63, 3.8) is 0 Å². The minimum atomic E-state index is -0.755. The monoisotopic (exact) mass is 463 g/mol. The number of nitrogens with one attached hydrogen (secondary N) is 3. The number of carbonyl (C=O) groups excluding carboxylic acids is 4. The zero-order chi connectivity index (χ0) is 23.5. The summed E-state index contributed by atoms with van der Waals surface area (Å²) in [5.41, 5.74) is 4.94. The number of amides is 3. The van der Waals surface area contributed by atoms with E-state index in [-0.39, 0.29) is 23.4 Å². The highest BCUT2D eigenvalue weighted by molar-refractivity contribution is 6.33. The Morgan fingerprint density at radius 1 is 0.906 bits per heavy atom. The maximum atomic E-state index is 12.0. The van der Waals surface area contributed by atoms with E-state index in [2.05, 4.69) is 16.2 Å². The highest BCUT2D eigenvalue weighted by Gasteiger charge is 2.14. The van der Waals surface area contributed by atoms with Gasteiger partial charge in [0.2, 0.25) is 5.91 Å². The fourth-order valence-corrected chi connectivity index (χ4v) is 2.65. The van der Waals surface area contributed by atoms with E-state index in [0.717, 1.165) is 0 Å². The Morgan fingerprint density at radius 2 is 1.66 bits per heavy atom. The molecule has 32 heavy (non-hydrogen) atoms. The van der Waals surface area contributed by atoms with Crippen LogP contribution in [0, 0.1) is 0 Å². The summed E-state index contributed by atoms with van der Waals surface area (Å²) in [5, 5.41) is 2.78. The number of anilines is 1. The third-order valence-electron chi connectivity index (χ3n) is 4.04. The first-order valence-electron chi connectivity index (χ1n) is 9.35. The van der Waals surface area contributed by atoms with Crippen molar-refractivity contribution in [2.24, 2.45) is 0 Å². The Morgan fingerprint density at radius 3 is 2.34 bits per heavy atom. The molecule has 0 aliphatic rings. The topological polar surface area (TPSA) is 132 Å². The third kappa shape index (κ3) is 7.47. The van der Waals surface area contributed by atoms with Crippen LogP contribution in [0.25, 0.3) is 0 Å². The third-order valence-corrected chi connectivity index (χ3v) is 4.37. The van der Waals surface area contributed by atoms with Crippen LogP contribution in [0.15, 0.2) is 42.5 Å². The Kier molecular flexibility index (Phi) is 9.30. The van der Waals surface area contributed by atoms with Crippen LogP contribution in [0.4, 0.5) is 5.69 Å². The van der Waals surface area contributed by atoms with Crippen LogP contribution < -0.4 is 25.6 Å². The number of halogens is 1. The van der Waals surface area contributed by atoms with Crippen molar-refractivity contribution in [1.29, 1.82) is 0 Å². The first-order valence-corrected chi connectivity index (χ1v) is 9.73. The SMILES string of the molecule is COc1ccc(NC(=O)COC(=O)CCC(=O)NNC(=O)c2ccccc2Cl)c(OC)c1. The fourth-order valence-electron chi connectivity index (χ4n) is 2.42. The molecule has 0 saturated heterocycles. The van der Waals surface area contributed by atoms with Crippen molar-refractivity contribution >= 4 is 41.0 Å². The smallest absolute Gasteiger partial charge is 0.306 e. The maximum absolute atomic E-state index is 12.0. The van der Waals surface area contributed by atoms with E-state index < -0.39 is 30.3 Å². The van der Waals surface area contributed by atoms with Gasteiger partial charge in [-0.05, 0) is 24.3 Å². The molecule has 170 valence electrons. The summed E-state index contributed by atoms with van der Waals surface area (Å²) in [7, 11) is 2.94. The number of carbonyl (C=O) groups is 4. The molecule has 0 radical (unpaired) electrons. The quantitative estimate of drug-likeness (QED) is 0.383. The summed E-state index contributed by atoms with van der Waals surface area (Å²) in [6, 6.07) is 11.1. The molecule has 11 heteroatoms. The molecular formula is C21H22ClN3O7. The van der Waals surface area contributed by atoms with Crippen LogP contribution >= 0.6 is 11.6 Å². The molecule has 2 aromatic carbocycles. The van der Waals surface area contributed by atoms with Crippen LogP contribution in [-0.2, 0) is 19.1 Å². The molecule has 2 rings (SSSR count). The summed E-state index contributed by atoms with van der Waals surface area (Å²) in [4.78, 5) is 47.5. The maximum Gasteiger partial charge on any atom is 0.306 e. The number of hydrazine groups is 1. The lowest BCUT2D eigenvalue weighted by atomic mass is 10.2. The van der Waals surface area contributed by atoms with Crippen LogP contribution in [0.5, 0.6) is 11.5 Å². The molecule has 10 nitrogen and oxygen atoms in total. The Labute approximate surface area is 189 Å². The summed E-state index contributed by atoms with van der Waals surface area (Å²) < 4.78 is 15.1. The van der Waals surface area contributed by atoms with Crippen molar-refractivity contribution in [1.82, 2.24) is 10.9 Å². The summed E-state index contributed by atoms with van der Waals surface area (Å²) in [6.07, 6.45) is -0.539. The van der Waals surface area contributed by atoms with E-state index in [9.17, 15) is 19.2 Å². The zero-order valence-electron chi connectivity index (χ0n) is 17.4. The van der Waals surface area contributed by atoms with Gasteiger partial charge in [0.25, 0.3) is 11.8 Å². The van der Waals surface area contributed by atoms with Gasteiger partial charge in [0, 0.05) is 12.5 Å². The van der Waals surface area contributed by atoms with Gasteiger partial charge in [0.15, 0.2) is 6.61 Å². The molecular weight excluding hydrogens is 442 g/mol. The predicted octanol–water partition coefficient (Wildman–Crippen LogP) is 2.08. The van der Waals surface area contributed by atoms with Gasteiger partial charge in [0.1, 0.15) is 11.5 Å². The second kappa shape index (κ2) is 12.2. The molecule has 0 fully saturated rings. The van der Waals surface area contributed by atoms with Crippen molar-refractivity contribution in [2.45, 2.75) is 12.8 Å². The zero-order valence-corrected chi connectivity index (χ0v) is 18.2. The molecule has 0 bridgehead atoms. The summed E-state index contributed by atoms with van der Waals surface area (Å²) in [5.74, 6) is -1.63. The standard InChI is InChI=1S/C21H22ClN3O7/c1-30-13-7-8-16(17(11-13)31-2)23-19(27)12-32-20(28)10-9-18(26)24-25-21(29)14-5-3-4-6-15(14)22/h3-8,11H,9-10,12H2,1-2H3,(H,23,27)(H,24,26)(H,25,29). The number of methoxy groups -OCH3 is 2. The molecule has 0 spiro atoms. The lowest BCUT2D eigenvalue weighted by Gasteiger charge is -2.12. The molecule has 3 amide bonds. The second-order valence-corrected chi connectivity index (χ2v) is 6.66. The lowest BCUT2D eigenvalue weighted by molar-refractivity contribution is -0.148. The van der Waals surface area contributed by atoms with E-state index in [0.29, 0.717) is 17.2 Å². The van der Waals surface area contributed by atoms with Gasteiger partial charge in [-0.2, -0.15) is 0 Å². The second-order valence-electron chi connectivity index (χ2n) is 6.26. The number of ether oxygens (including phenoxy) is 3. The number of hydrogen-bond donors (Lipinski definition) is 3. The van der Waals surface area contributed by atoms with Crippen molar-refractivity contribution < 1.29 is 33.4 Å². The molecule has 0 aliphatic heterocycles. The fraction of sp³-hybridized carbons (Fsp3) is 0.238. The minimum Gasteiger partial charge on any atom is -0.497 e. The molecule has 0 unspecified atom stereocenters. The van der Waals surface area contributed by atoms with Gasteiger partial charge >= 0.3 is 5.97 Å². The predicted molar refractivity (Wildman–Crippen MR) is 115 cm³/mol. The Hall–Kier alpha value is -3.79. The van der Waals surface area contributed by atoms with E-state index in [1.165, 1.54) is 26.4 Å². The molecule has 0 aromatic heterocycles. The number of rotatable bonds is 9. The van der Waals surface area contributed by atoms with E-state index in [1.807, 2.05) is 0 Å². The van der Waals surface area contributed by atoms with Gasteiger partial charge in [0.05, 0.1) is 36.9 Å². The molecule has 3 N–H and O–H groups in total. The van der Waals surface area contributed by atoms with Crippen LogP contribution in [0.3, 0.4) is 0 Å². The van der Waals surface area contributed by atoms with Gasteiger partial charge < -0.3 is 19.5 Å². The summed E-state index contributed by atoms with van der Waals surface area (Å²) >= 11 is 5.90. The number of benzene rings is 2. The minimum absolute atomic E-state index is 0.188. The molecule has 0 saturated carbocycles. The van der Waals surface area contributed by atoms with Crippen molar-refractivity contribution in [3.8, 4) is 11.5 Å². The highest BCUT2D eigenvalue weighted by Crippen LogP contribution is 2.28. The number of hydrogen-bond acceptors (Lipinski definition) is 7. The molecule has 0 heterocycles. The average molecular weight is 464 g/mol. The highest BCUT2D eigenvalue weighted by atomic mass is 35.5. The Balaban J connectivity index is 1.70. The van der Waals surface area contributed by atoms with Gasteiger partial charge in [-0.1, -0.05) is 23.7 Å². The Bertz CT molecular complexity index is 997. The average Bonchev–Trinajstić information content (AvgIpc) is 2.80. The van der Waals surface area contributed by atoms with E-state index >= 15 is 0 Å². The van der Waals surface area contributed by atoms with Crippen LogP contribution in [0.1, 0.15) is 23.2 Å². The van der Waals surface area contributed by atoms with Gasteiger partial charge in [-0.3, -0.25) is 30.0 Å². The van der Waals surface area contributed by atoms with Crippen LogP contribution in [-0.4, -0.2) is 44.5 Å². The molecule has 0 atom stereocenters.